The van der Waals surface area contributed by atoms with Crippen LogP contribution in [0.5, 0.6) is 0 Å². The molecule has 0 aliphatic heterocycles. The summed E-state index contributed by atoms with van der Waals surface area (Å²) < 4.78 is 4.36. The van der Waals surface area contributed by atoms with Crippen LogP contribution in [-0.4, -0.2) is 11.6 Å². The van der Waals surface area contributed by atoms with Crippen LogP contribution in [0.25, 0.3) is 0 Å². The maximum absolute atomic E-state index is 3.12. The lowest BCUT2D eigenvalue weighted by Gasteiger charge is -2.01. The minimum absolute atomic E-state index is 0.928. The molecule has 2 aromatic rings. The molecule has 16 heavy (non-hydrogen) atoms. The molecule has 0 fully saturated rings. The van der Waals surface area contributed by atoms with Crippen LogP contribution < -0.4 is 9.88 Å². The zero-order chi connectivity index (χ0) is 11.4. The molecule has 0 bridgehead atoms. The van der Waals surface area contributed by atoms with Gasteiger partial charge < -0.3 is 5.32 Å². The molecule has 0 amide bonds. The molecule has 1 aromatic heterocycles. The monoisotopic (exact) mass is 216 g/mol. The Labute approximate surface area is 96.3 Å². The molecule has 0 unspecified atom stereocenters. The van der Waals surface area contributed by atoms with Gasteiger partial charge in [0.15, 0.2) is 0 Å². The number of nitrogens with one attached hydrogen (secondary N) is 1. The summed E-state index contributed by atoms with van der Waals surface area (Å²) in [6.45, 7) is 4.09. The number of aromatic nitrogens is 2. The highest BCUT2D eigenvalue weighted by molar-refractivity contribution is 5.43. The first-order chi connectivity index (χ1) is 7.81. The van der Waals surface area contributed by atoms with Gasteiger partial charge in [0.2, 0.25) is 6.33 Å². The molecule has 0 atom stereocenters. The fraction of sp³-hybridized carbons (Fsp3) is 0.308. The van der Waals surface area contributed by atoms with Gasteiger partial charge in [-0.05, 0) is 24.6 Å². The molecule has 0 radical (unpaired) electrons. The normalized spacial score (nSPS) is 10.4. The first-order valence-corrected chi connectivity index (χ1v) is 5.63. The quantitative estimate of drug-likeness (QED) is 0.774. The second-order valence-corrected chi connectivity index (χ2v) is 3.86. The van der Waals surface area contributed by atoms with E-state index in [-0.39, 0.29) is 0 Å². The molecule has 3 nitrogen and oxygen atoms in total. The number of imidazole rings is 1. The number of hydrogen-bond acceptors (Lipinski definition) is 1. The molecule has 1 heterocycles. The van der Waals surface area contributed by atoms with E-state index in [1.807, 2.05) is 7.05 Å². The second-order valence-electron chi connectivity index (χ2n) is 3.86. The van der Waals surface area contributed by atoms with Crippen molar-refractivity contribution in [3.63, 3.8) is 0 Å². The molecule has 0 saturated carbocycles. The van der Waals surface area contributed by atoms with E-state index in [0.29, 0.717) is 0 Å². The van der Waals surface area contributed by atoms with Crippen molar-refractivity contribution in [2.24, 2.45) is 0 Å². The lowest BCUT2D eigenvalue weighted by molar-refractivity contribution is -0.687. The van der Waals surface area contributed by atoms with E-state index < -0.39 is 0 Å². The molecule has 2 rings (SSSR count). The van der Waals surface area contributed by atoms with Crippen LogP contribution in [0.4, 0.5) is 5.69 Å². The number of hydrogen-bond donors (Lipinski definition) is 1. The van der Waals surface area contributed by atoms with Crippen molar-refractivity contribution in [3.05, 3.63) is 48.5 Å². The average Bonchev–Trinajstić information content (AvgIpc) is 2.78. The van der Waals surface area contributed by atoms with Gasteiger partial charge in [0.05, 0.1) is 6.54 Å². The van der Waals surface area contributed by atoms with Crippen LogP contribution in [0.3, 0.4) is 0 Å². The van der Waals surface area contributed by atoms with E-state index in [0.717, 1.165) is 18.8 Å². The fourth-order valence-corrected chi connectivity index (χ4v) is 1.71. The van der Waals surface area contributed by atoms with Crippen LogP contribution in [0.15, 0.2) is 43.0 Å². The van der Waals surface area contributed by atoms with E-state index in [2.05, 4.69) is 64.4 Å². The summed E-state index contributed by atoms with van der Waals surface area (Å²) in [5, 5.41) is 3.12. The summed E-state index contributed by atoms with van der Waals surface area (Å²) in [5.41, 5.74) is 2.47. The minimum atomic E-state index is 0.928. The summed E-state index contributed by atoms with van der Waals surface area (Å²) in [6.07, 6.45) is 6.34. The average molecular weight is 216 g/mol. The molecule has 0 saturated heterocycles. The molecule has 0 aliphatic rings. The van der Waals surface area contributed by atoms with E-state index in [4.69, 9.17) is 0 Å². The van der Waals surface area contributed by atoms with Crippen molar-refractivity contribution in [1.29, 1.82) is 0 Å². The Morgan fingerprint density at radius 2 is 2.00 bits per heavy atom. The Bertz CT molecular complexity index is 442. The SMILES string of the molecule is CCn1cc[n+](Cc2ccc(NC)cc2)c1. The van der Waals surface area contributed by atoms with Crippen LogP contribution in [0, 0.1) is 0 Å². The molecule has 1 N–H and O–H groups in total. The molecule has 0 aliphatic carbocycles. The topological polar surface area (TPSA) is 20.8 Å². The highest BCUT2D eigenvalue weighted by atomic mass is 15.1. The number of aryl methyl sites for hydroxylation is 1. The first kappa shape index (κ1) is 10.7. The Morgan fingerprint density at radius 3 is 2.56 bits per heavy atom. The van der Waals surface area contributed by atoms with Gasteiger partial charge >= 0.3 is 0 Å². The third kappa shape index (κ3) is 2.42. The van der Waals surface area contributed by atoms with Gasteiger partial charge in [-0.1, -0.05) is 12.1 Å². The molecule has 84 valence electrons. The van der Waals surface area contributed by atoms with Gasteiger partial charge in [0.25, 0.3) is 0 Å². The number of rotatable bonds is 4. The number of anilines is 1. The van der Waals surface area contributed by atoms with Gasteiger partial charge in [-0.3, -0.25) is 0 Å². The molecule has 1 aromatic carbocycles. The van der Waals surface area contributed by atoms with Gasteiger partial charge in [-0.2, -0.15) is 0 Å². The van der Waals surface area contributed by atoms with Crippen LogP contribution in [0.1, 0.15) is 12.5 Å². The maximum atomic E-state index is 3.12. The highest BCUT2D eigenvalue weighted by Gasteiger charge is 2.02. The summed E-state index contributed by atoms with van der Waals surface area (Å²) >= 11 is 0. The van der Waals surface area contributed by atoms with Crippen molar-refractivity contribution >= 4 is 5.69 Å². The van der Waals surface area contributed by atoms with Crippen molar-refractivity contribution in [2.75, 3.05) is 12.4 Å². The van der Waals surface area contributed by atoms with Gasteiger partial charge in [0, 0.05) is 12.7 Å². The van der Waals surface area contributed by atoms with Crippen LogP contribution in [-0.2, 0) is 13.1 Å². The van der Waals surface area contributed by atoms with Crippen LogP contribution in [0.2, 0.25) is 0 Å². The van der Waals surface area contributed by atoms with Gasteiger partial charge in [-0.15, -0.1) is 0 Å². The lowest BCUT2D eigenvalue weighted by Crippen LogP contribution is -2.31. The van der Waals surface area contributed by atoms with Gasteiger partial charge in [0.1, 0.15) is 18.9 Å². The highest BCUT2D eigenvalue weighted by Crippen LogP contribution is 2.07. The predicted molar refractivity (Wildman–Crippen MR) is 65.4 cm³/mol. The van der Waals surface area contributed by atoms with Gasteiger partial charge in [-0.25, -0.2) is 9.13 Å². The number of benzene rings is 1. The Hall–Kier alpha value is -1.77. The number of nitrogens with zero attached hydrogens (tertiary/aromatic N) is 2. The second kappa shape index (κ2) is 4.84. The zero-order valence-corrected chi connectivity index (χ0v) is 9.85. The standard InChI is InChI=1S/C13H18N3/c1-3-15-8-9-16(11-15)10-12-4-6-13(14-2)7-5-12/h4-9,11,14H,3,10H2,1-2H3/q+1. The summed E-state index contributed by atoms with van der Waals surface area (Å²) in [6, 6.07) is 8.52. The maximum Gasteiger partial charge on any atom is 0.244 e. The summed E-state index contributed by atoms with van der Waals surface area (Å²) in [5.74, 6) is 0. The molecular formula is C13H18N3+. The lowest BCUT2D eigenvalue weighted by atomic mass is 10.2. The molecule has 0 spiro atoms. The first-order valence-electron chi connectivity index (χ1n) is 5.63. The fourth-order valence-electron chi connectivity index (χ4n) is 1.71. The van der Waals surface area contributed by atoms with E-state index in [1.165, 1.54) is 5.56 Å². The summed E-state index contributed by atoms with van der Waals surface area (Å²) in [4.78, 5) is 0. The minimum Gasteiger partial charge on any atom is -0.388 e. The Balaban J connectivity index is 2.08. The van der Waals surface area contributed by atoms with Crippen molar-refractivity contribution in [2.45, 2.75) is 20.0 Å². The van der Waals surface area contributed by atoms with Crippen molar-refractivity contribution in [1.82, 2.24) is 4.57 Å². The molecular weight excluding hydrogens is 198 g/mol. The van der Waals surface area contributed by atoms with Crippen molar-refractivity contribution in [3.8, 4) is 0 Å². The third-order valence-electron chi connectivity index (χ3n) is 2.72. The molecule has 3 heteroatoms. The van der Waals surface area contributed by atoms with E-state index >= 15 is 0 Å². The van der Waals surface area contributed by atoms with E-state index in [9.17, 15) is 0 Å². The van der Waals surface area contributed by atoms with E-state index in [1.54, 1.807) is 0 Å². The zero-order valence-electron chi connectivity index (χ0n) is 9.85. The largest absolute Gasteiger partial charge is 0.388 e. The summed E-state index contributed by atoms with van der Waals surface area (Å²) in [7, 11) is 1.94. The Kier molecular flexibility index (Phi) is 3.25. The van der Waals surface area contributed by atoms with Crippen LogP contribution >= 0.6 is 0 Å². The Morgan fingerprint density at radius 1 is 1.25 bits per heavy atom. The smallest absolute Gasteiger partial charge is 0.244 e. The predicted octanol–water partition coefficient (Wildman–Crippen LogP) is 1.89. The third-order valence-corrected chi connectivity index (χ3v) is 2.72. The van der Waals surface area contributed by atoms with Crippen molar-refractivity contribution < 1.29 is 4.57 Å².